The SMILES string of the molecule is CCOC(C)C.CN1CC[C@@H](OC(F)(F)F)C1. The van der Waals surface area contributed by atoms with Crippen molar-refractivity contribution in [2.45, 2.75) is 45.8 Å². The number of likely N-dealkylation sites (tertiary alicyclic amines) is 1. The van der Waals surface area contributed by atoms with Gasteiger partial charge in [0.2, 0.25) is 0 Å². The Kier molecular flexibility index (Phi) is 7.74. The van der Waals surface area contributed by atoms with E-state index in [9.17, 15) is 13.2 Å². The predicted octanol–water partition coefficient (Wildman–Crippen LogP) is 2.66. The minimum absolute atomic E-state index is 0.375. The number of ether oxygens (including phenoxy) is 2. The first-order chi connectivity index (χ1) is 7.74. The molecule has 1 saturated heterocycles. The molecule has 1 heterocycles. The Labute approximate surface area is 101 Å². The highest BCUT2D eigenvalue weighted by molar-refractivity contribution is 4.73. The summed E-state index contributed by atoms with van der Waals surface area (Å²) in [5.41, 5.74) is 0. The Hall–Kier alpha value is -0.330. The van der Waals surface area contributed by atoms with Gasteiger partial charge in [-0.1, -0.05) is 0 Å². The van der Waals surface area contributed by atoms with Crippen molar-refractivity contribution >= 4 is 0 Å². The molecule has 0 N–H and O–H groups in total. The van der Waals surface area contributed by atoms with Gasteiger partial charge in [0.15, 0.2) is 0 Å². The summed E-state index contributed by atoms with van der Waals surface area (Å²) in [6.45, 7) is 7.95. The Balaban J connectivity index is 0.000000366. The molecule has 6 heteroatoms. The molecule has 1 rings (SSSR count). The quantitative estimate of drug-likeness (QED) is 0.776. The average molecular weight is 257 g/mol. The van der Waals surface area contributed by atoms with Crippen LogP contribution in [-0.4, -0.2) is 50.2 Å². The van der Waals surface area contributed by atoms with E-state index in [-0.39, 0.29) is 0 Å². The zero-order valence-corrected chi connectivity index (χ0v) is 10.9. The van der Waals surface area contributed by atoms with Crippen molar-refractivity contribution in [2.75, 3.05) is 26.7 Å². The summed E-state index contributed by atoms with van der Waals surface area (Å²) >= 11 is 0. The maximum Gasteiger partial charge on any atom is 0.522 e. The van der Waals surface area contributed by atoms with Crippen LogP contribution in [0.4, 0.5) is 13.2 Å². The van der Waals surface area contributed by atoms with E-state index in [1.807, 2.05) is 25.7 Å². The number of hydrogen-bond donors (Lipinski definition) is 0. The molecule has 0 radical (unpaired) electrons. The van der Waals surface area contributed by atoms with Crippen LogP contribution in [0.5, 0.6) is 0 Å². The molecule has 1 fully saturated rings. The third-order valence-corrected chi connectivity index (χ3v) is 2.15. The molecular weight excluding hydrogens is 235 g/mol. The topological polar surface area (TPSA) is 21.7 Å². The normalized spacial score (nSPS) is 21.5. The molecule has 1 atom stereocenters. The number of alkyl halides is 3. The molecule has 0 bridgehead atoms. The molecule has 104 valence electrons. The van der Waals surface area contributed by atoms with Crippen LogP contribution in [-0.2, 0) is 9.47 Å². The van der Waals surface area contributed by atoms with Gasteiger partial charge in [0.1, 0.15) is 0 Å². The van der Waals surface area contributed by atoms with Crippen LogP contribution in [0.1, 0.15) is 27.2 Å². The lowest BCUT2D eigenvalue weighted by Crippen LogP contribution is -2.26. The zero-order chi connectivity index (χ0) is 13.5. The summed E-state index contributed by atoms with van der Waals surface area (Å²) in [7, 11) is 1.78. The average Bonchev–Trinajstić information content (AvgIpc) is 2.48. The van der Waals surface area contributed by atoms with Crippen LogP contribution in [0.2, 0.25) is 0 Å². The molecule has 0 spiro atoms. The predicted molar refractivity (Wildman–Crippen MR) is 59.8 cm³/mol. The standard InChI is InChI=1S/C6H10F3NO.C5H12O/c1-10-3-2-5(4-10)11-6(7,8)9;1-4-6-5(2)3/h5H,2-4H2,1H3;5H,4H2,1-3H3/t5-;/m1./s1. The summed E-state index contributed by atoms with van der Waals surface area (Å²) in [6, 6.07) is 0. The van der Waals surface area contributed by atoms with Crippen molar-refractivity contribution in [3.05, 3.63) is 0 Å². The molecule has 3 nitrogen and oxygen atoms in total. The highest BCUT2D eigenvalue weighted by Crippen LogP contribution is 2.22. The number of hydrogen-bond acceptors (Lipinski definition) is 3. The van der Waals surface area contributed by atoms with E-state index in [0.29, 0.717) is 25.6 Å². The second kappa shape index (κ2) is 7.89. The van der Waals surface area contributed by atoms with Crippen molar-refractivity contribution in [1.29, 1.82) is 0 Å². The van der Waals surface area contributed by atoms with E-state index in [4.69, 9.17) is 4.74 Å². The van der Waals surface area contributed by atoms with Crippen LogP contribution >= 0.6 is 0 Å². The minimum Gasteiger partial charge on any atom is -0.379 e. The van der Waals surface area contributed by atoms with Crippen LogP contribution in [0.15, 0.2) is 0 Å². The van der Waals surface area contributed by atoms with Crippen molar-refractivity contribution in [2.24, 2.45) is 0 Å². The molecule has 0 unspecified atom stereocenters. The Morgan fingerprint density at radius 3 is 2.18 bits per heavy atom. The van der Waals surface area contributed by atoms with Crippen LogP contribution in [0, 0.1) is 0 Å². The largest absolute Gasteiger partial charge is 0.522 e. The molecular formula is C11H22F3NO2. The second-order valence-electron chi connectivity index (χ2n) is 4.24. The lowest BCUT2D eigenvalue weighted by molar-refractivity contribution is -0.340. The third kappa shape index (κ3) is 10.5. The van der Waals surface area contributed by atoms with Crippen LogP contribution < -0.4 is 0 Å². The fraction of sp³-hybridized carbons (Fsp3) is 1.00. The molecule has 17 heavy (non-hydrogen) atoms. The summed E-state index contributed by atoms with van der Waals surface area (Å²) in [5, 5.41) is 0. The second-order valence-corrected chi connectivity index (χ2v) is 4.24. The molecule has 0 aliphatic carbocycles. The molecule has 0 aromatic heterocycles. The van der Waals surface area contributed by atoms with E-state index >= 15 is 0 Å². The zero-order valence-electron chi connectivity index (χ0n) is 10.9. The van der Waals surface area contributed by atoms with Crippen molar-refractivity contribution < 1.29 is 22.6 Å². The van der Waals surface area contributed by atoms with Gasteiger partial charge in [-0.15, -0.1) is 13.2 Å². The van der Waals surface area contributed by atoms with Crippen molar-refractivity contribution in [3.8, 4) is 0 Å². The molecule has 0 amide bonds. The number of nitrogens with zero attached hydrogens (tertiary/aromatic N) is 1. The first-order valence-electron chi connectivity index (χ1n) is 5.79. The van der Waals surface area contributed by atoms with Gasteiger partial charge in [-0.25, -0.2) is 0 Å². The van der Waals surface area contributed by atoms with Gasteiger partial charge >= 0.3 is 6.36 Å². The summed E-state index contributed by atoms with van der Waals surface area (Å²) in [6.07, 6.45) is -4.28. The smallest absolute Gasteiger partial charge is 0.379 e. The Morgan fingerprint density at radius 1 is 1.35 bits per heavy atom. The maximum atomic E-state index is 11.6. The fourth-order valence-electron chi connectivity index (χ4n) is 1.51. The number of likely N-dealkylation sites (N-methyl/N-ethyl adjacent to an activating group) is 1. The number of rotatable bonds is 3. The summed E-state index contributed by atoms with van der Waals surface area (Å²) < 4.78 is 43.7. The molecule has 0 aromatic rings. The lowest BCUT2D eigenvalue weighted by Gasteiger charge is -2.13. The molecule has 0 aromatic carbocycles. The third-order valence-electron chi connectivity index (χ3n) is 2.15. The first-order valence-corrected chi connectivity index (χ1v) is 5.79. The van der Waals surface area contributed by atoms with Gasteiger partial charge in [0.05, 0.1) is 12.2 Å². The molecule has 1 aliphatic heterocycles. The van der Waals surface area contributed by atoms with E-state index in [0.717, 1.165) is 6.61 Å². The highest BCUT2D eigenvalue weighted by Gasteiger charge is 2.35. The van der Waals surface area contributed by atoms with Gasteiger partial charge < -0.3 is 9.64 Å². The highest BCUT2D eigenvalue weighted by atomic mass is 19.4. The van der Waals surface area contributed by atoms with Gasteiger partial charge in [0, 0.05) is 19.7 Å². The van der Waals surface area contributed by atoms with Crippen LogP contribution in [0.3, 0.4) is 0 Å². The van der Waals surface area contributed by atoms with Gasteiger partial charge in [-0.2, -0.15) is 0 Å². The van der Waals surface area contributed by atoms with E-state index in [2.05, 4.69) is 4.74 Å². The van der Waals surface area contributed by atoms with E-state index < -0.39 is 12.5 Å². The van der Waals surface area contributed by atoms with Crippen molar-refractivity contribution in [3.63, 3.8) is 0 Å². The summed E-state index contributed by atoms with van der Waals surface area (Å²) in [5.74, 6) is 0. The summed E-state index contributed by atoms with van der Waals surface area (Å²) in [4.78, 5) is 1.82. The van der Waals surface area contributed by atoms with E-state index in [1.54, 1.807) is 7.05 Å². The molecule has 1 aliphatic rings. The lowest BCUT2D eigenvalue weighted by atomic mass is 10.3. The van der Waals surface area contributed by atoms with Gasteiger partial charge in [0.25, 0.3) is 0 Å². The molecule has 0 saturated carbocycles. The van der Waals surface area contributed by atoms with Crippen LogP contribution in [0.25, 0.3) is 0 Å². The monoisotopic (exact) mass is 257 g/mol. The number of halogens is 3. The fourth-order valence-corrected chi connectivity index (χ4v) is 1.51. The van der Waals surface area contributed by atoms with Gasteiger partial charge in [-0.05, 0) is 34.2 Å². The van der Waals surface area contributed by atoms with Gasteiger partial charge in [-0.3, -0.25) is 4.74 Å². The maximum absolute atomic E-state index is 11.6. The minimum atomic E-state index is -4.48. The van der Waals surface area contributed by atoms with Crippen molar-refractivity contribution in [1.82, 2.24) is 4.90 Å². The van der Waals surface area contributed by atoms with E-state index in [1.165, 1.54) is 0 Å². The Bertz CT molecular complexity index is 198. The first kappa shape index (κ1) is 16.7. The Morgan fingerprint density at radius 2 is 1.94 bits per heavy atom.